The molecule has 0 N–H and O–H groups in total. The fourth-order valence-electron chi connectivity index (χ4n) is 2.90. The molecule has 4 rings (SSSR count). The predicted octanol–water partition coefficient (Wildman–Crippen LogP) is 2.84. The van der Waals surface area contributed by atoms with E-state index in [1.54, 1.807) is 6.20 Å². The first-order valence-electron chi connectivity index (χ1n) is 7.24. The van der Waals surface area contributed by atoms with Crippen molar-refractivity contribution in [3.8, 4) is 11.4 Å². The molecule has 21 heavy (non-hydrogen) atoms. The summed E-state index contributed by atoms with van der Waals surface area (Å²) in [6, 6.07) is 8.18. The normalized spacial score (nSPS) is 19.0. The van der Waals surface area contributed by atoms with E-state index in [1.165, 1.54) is 0 Å². The minimum atomic E-state index is 0.286. The first-order valence-corrected chi connectivity index (χ1v) is 7.24. The third-order valence-corrected chi connectivity index (χ3v) is 3.87. The van der Waals surface area contributed by atoms with Gasteiger partial charge in [0.15, 0.2) is 5.65 Å². The van der Waals surface area contributed by atoms with Crippen LogP contribution in [0.1, 0.15) is 18.9 Å². The number of hydrogen-bond acceptors (Lipinski definition) is 4. The third kappa shape index (κ3) is 2.19. The lowest BCUT2D eigenvalue weighted by molar-refractivity contribution is 0.0608. The molecule has 0 bridgehead atoms. The Morgan fingerprint density at radius 2 is 2.14 bits per heavy atom. The molecule has 4 heterocycles. The van der Waals surface area contributed by atoms with E-state index >= 15 is 0 Å². The van der Waals surface area contributed by atoms with Crippen molar-refractivity contribution in [1.29, 1.82) is 0 Å². The lowest BCUT2D eigenvalue weighted by atomic mass is 10.1. The highest BCUT2D eigenvalue weighted by Gasteiger charge is 2.23. The van der Waals surface area contributed by atoms with Crippen molar-refractivity contribution in [2.24, 2.45) is 0 Å². The molecule has 1 atom stereocenters. The molecule has 3 aromatic heterocycles. The zero-order valence-corrected chi connectivity index (χ0v) is 11.6. The lowest BCUT2D eigenvalue weighted by Gasteiger charge is -2.25. The van der Waals surface area contributed by atoms with Gasteiger partial charge in [-0.2, -0.15) is 0 Å². The maximum Gasteiger partial charge on any atom is 0.160 e. The molecule has 1 unspecified atom stereocenters. The molecule has 0 spiro atoms. The van der Waals surface area contributed by atoms with Gasteiger partial charge in [-0.05, 0) is 37.1 Å². The van der Waals surface area contributed by atoms with Crippen molar-refractivity contribution < 1.29 is 4.74 Å². The van der Waals surface area contributed by atoms with E-state index in [1.807, 2.05) is 36.7 Å². The molecule has 0 aromatic carbocycles. The van der Waals surface area contributed by atoms with Gasteiger partial charge in [0, 0.05) is 30.8 Å². The fourth-order valence-corrected chi connectivity index (χ4v) is 2.90. The summed E-state index contributed by atoms with van der Waals surface area (Å²) in [5.41, 5.74) is 2.86. The molecule has 0 aliphatic carbocycles. The lowest BCUT2D eigenvalue weighted by Crippen LogP contribution is -2.22. The van der Waals surface area contributed by atoms with Crippen molar-refractivity contribution in [3.63, 3.8) is 0 Å². The van der Waals surface area contributed by atoms with Crippen LogP contribution in [-0.4, -0.2) is 32.7 Å². The largest absolute Gasteiger partial charge is 0.379 e. The molecular formula is C16H16N4O. The first kappa shape index (κ1) is 12.5. The molecule has 5 nitrogen and oxygen atoms in total. The van der Waals surface area contributed by atoms with E-state index in [0.29, 0.717) is 0 Å². The summed E-state index contributed by atoms with van der Waals surface area (Å²) in [6.07, 6.45) is 7.61. The van der Waals surface area contributed by atoms with Crippen LogP contribution in [0.2, 0.25) is 0 Å². The fraction of sp³-hybridized carbons (Fsp3) is 0.312. The van der Waals surface area contributed by atoms with Gasteiger partial charge in [0.05, 0.1) is 12.6 Å². The van der Waals surface area contributed by atoms with Gasteiger partial charge in [0.25, 0.3) is 0 Å². The summed E-state index contributed by atoms with van der Waals surface area (Å²) < 4.78 is 7.87. The standard InChI is InChI=1S/C16H16N4O/c1-4-12(10-17-7-1)15-19-14-6-2-8-18-16(14)20(15)13-5-3-9-21-11-13/h1-2,4,6-8,10,13H,3,5,9,11H2. The van der Waals surface area contributed by atoms with Crippen molar-refractivity contribution in [3.05, 3.63) is 42.9 Å². The minimum absolute atomic E-state index is 0.286. The van der Waals surface area contributed by atoms with Crippen LogP contribution in [0.25, 0.3) is 22.6 Å². The summed E-state index contributed by atoms with van der Waals surface area (Å²) in [5.74, 6) is 0.923. The van der Waals surface area contributed by atoms with E-state index in [4.69, 9.17) is 9.72 Å². The maximum absolute atomic E-state index is 5.65. The van der Waals surface area contributed by atoms with Crippen LogP contribution < -0.4 is 0 Å². The second kappa shape index (κ2) is 5.26. The van der Waals surface area contributed by atoms with Crippen LogP contribution in [-0.2, 0) is 4.74 Å². The van der Waals surface area contributed by atoms with Crippen LogP contribution in [0.3, 0.4) is 0 Å². The Labute approximate surface area is 122 Å². The summed E-state index contributed by atoms with van der Waals surface area (Å²) in [6.45, 7) is 1.56. The highest BCUT2D eigenvalue weighted by Crippen LogP contribution is 2.30. The Morgan fingerprint density at radius 3 is 2.95 bits per heavy atom. The van der Waals surface area contributed by atoms with E-state index in [-0.39, 0.29) is 6.04 Å². The summed E-state index contributed by atoms with van der Waals surface area (Å²) in [7, 11) is 0. The predicted molar refractivity (Wildman–Crippen MR) is 79.8 cm³/mol. The average molecular weight is 280 g/mol. The van der Waals surface area contributed by atoms with Crippen molar-refractivity contribution in [1.82, 2.24) is 19.5 Å². The van der Waals surface area contributed by atoms with Crippen molar-refractivity contribution in [2.45, 2.75) is 18.9 Å². The number of nitrogens with zero attached hydrogens (tertiary/aromatic N) is 4. The monoisotopic (exact) mass is 280 g/mol. The van der Waals surface area contributed by atoms with Crippen LogP contribution in [0.4, 0.5) is 0 Å². The number of pyridine rings is 2. The summed E-state index contributed by atoms with van der Waals surface area (Å²) >= 11 is 0. The highest BCUT2D eigenvalue weighted by atomic mass is 16.5. The number of hydrogen-bond donors (Lipinski definition) is 0. The first-order chi connectivity index (χ1) is 10.4. The van der Waals surface area contributed by atoms with Gasteiger partial charge in [-0.1, -0.05) is 0 Å². The van der Waals surface area contributed by atoms with Gasteiger partial charge in [-0.3, -0.25) is 4.98 Å². The van der Waals surface area contributed by atoms with Crippen molar-refractivity contribution >= 4 is 11.2 Å². The summed E-state index contributed by atoms with van der Waals surface area (Å²) in [4.78, 5) is 13.5. The Hall–Kier alpha value is -2.27. The Bertz CT molecular complexity index is 747. The van der Waals surface area contributed by atoms with Crippen molar-refractivity contribution in [2.75, 3.05) is 13.2 Å². The molecule has 1 saturated heterocycles. The molecule has 106 valence electrons. The number of aromatic nitrogens is 4. The second-order valence-electron chi connectivity index (χ2n) is 5.26. The number of ether oxygens (including phenoxy) is 1. The Morgan fingerprint density at radius 1 is 1.19 bits per heavy atom. The zero-order valence-electron chi connectivity index (χ0n) is 11.6. The molecule has 3 aromatic rings. The van der Waals surface area contributed by atoms with E-state index in [9.17, 15) is 0 Å². The van der Waals surface area contributed by atoms with E-state index < -0.39 is 0 Å². The van der Waals surface area contributed by atoms with Gasteiger partial charge in [-0.15, -0.1) is 0 Å². The quantitative estimate of drug-likeness (QED) is 0.724. The third-order valence-electron chi connectivity index (χ3n) is 3.87. The van der Waals surface area contributed by atoms with Crippen LogP contribution in [0.15, 0.2) is 42.9 Å². The number of imidazole rings is 1. The highest BCUT2D eigenvalue weighted by molar-refractivity contribution is 5.77. The van der Waals surface area contributed by atoms with Gasteiger partial charge in [-0.25, -0.2) is 9.97 Å². The molecule has 1 aliphatic heterocycles. The van der Waals surface area contributed by atoms with Gasteiger partial charge >= 0.3 is 0 Å². The van der Waals surface area contributed by atoms with Crippen LogP contribution in [0, 0.1) is 0 Å². The van der Waals surface area contributed by atoms with Crippen LogP contribution in [0.5, 0.6) is 0 Å². The Balaban J connectivity index is 1.92. The number of rotatable bonds is 2. The topological polar surface area (TPSA) is 52.8 Å². The van der Waals surface area contributed by atoms with E-state index in [2.05, 4.69) is 14.5 Å². The average Bonchev–Trinajstić information content (AvgIpc) is 2.96. The molecular weight excluding hydrogens is 264 g/mol. The smallest absolute Gasteiger partial charge is 0.160 e. The molecule has 5 heteroatoms. The summed E-state index contributed by atoms with van der Waals surface area (Å²) in [5, 5.41) is 0. The second-order valence-corrected chi connectivity index (χ2v) is 5.26. The molecule has 0 amide bonds. The van der Waals surface area contributed by atoms with E-state index in [0.717, 1.165) is 48.6 Å². The SMILES string of the molecule is c1cncc(-c2nc3cccnc3n2C2CCCOC2)c1. The molecule has 0 saturated carbocycles. The maximum atomic E-state index is 5.65. The van der Waals surface area contributed by atoms with Crippen LogP contribution >= 0.6 is 0 Å². The van der Waals surface area contributed by atoms with Gasteiger partial charge in [0.1, 0.15) is 11.3 Å². The minimum Gasteiger partial charge on any atom is -0.379 e. The zero-order chi connectivity index (χ0) is 14.1. The molecule has 1 fully saturated rings. The Kier molecular flexibility index (Phi) is 3.12. The number of fused-ring (bicyclic) bond motifs is 1. The van der Waals surface area contributed by atoms with Gasteiger partial charge < -0.3 is 9.30 Å². The molecule has 1 aliphatic rings. The molecule has 0 radical (unpaired) electrons. The van der Waals surface area contributed by atoms with Gasteiger partial charge in [0.2, 0.25) is 0 Å².